The number of aliphatic carboxylic acids is 1. The average molecular weight is 708 g/mol. The van der Waals surface area contributed by atoms with Gasteiger partial charge in [0.15, 0.2) is 17.2 Å². The third-order valence-electron chi connectivity index (χ3n) is 7.42. The first-order chi connectivity index (χ1) is 23.6. The summed E-state index contributed by atoms with van der Waals surface area (Å²) in [5.41, 5.74) is -0.521. The molecule has 1 heterocycles. The van der Waals surface area contributed by atoms with Gasteiger partial charge < -0.3 is 29.0 Å². The predicted octanol–water partition coefficient (Wildman–Crippen LogP) is 8.36. The lowest BCUT2D eigenvalue weighted by atomic mass is 9.95. The van der Waals surface area contributed by atoms with Crippen molar-refractivity contribution < 1.29 is 55.2 Å². The molecule has 0 saturated carbocycles. The normalized spacial score (nSPS) is 11.6. The van der Waals surface area contributed by atoms with Crippen LogP contribution in [0, 0.1) is 6.92 Å². The number of rotatable bonds is 15. The number of carboxylic acid groups (broad SMARTS) is 1. The third-order valence-corrected chi connectivity index (χ3v) is 7.42. The molecule has 268 valence electrons. The van der Waals surface area contributed by atoms with Crippen molar-refractivity contribution in [3.8, 4) is 34.1 Å². The van der Waals surface area contributed by atoms with Crippen molar-refractivity contribution in [2.24, 2.45) is 0 Å². The van der Waals surface area contributed by atoms with E-state index in [-0.39, 0.29) is 49.3 Å². The number of carbonyl (C=O) groups is 1. The Labute approximate surface area is 284 Å². The number of nitrogens with zero attached hydrogens (tertiary/aromatic N) is 3. The molecule has 0 aliphatic heterocycles. The highest BCUT2D eigenvalue weighted by molar-refractivity contribution is 5.77. The Morgan fingerprint density at radius 2 is 1.42 bits per heavy atom. The van der Waals surface area contributed by atoms with Gasteiger partial charge in [-0.3, -0.25) is 4.79 Å². The maximum atomic E-state index is 13.8. The molecule has 0 radical (unpaired) electrons. The van der Waals surface area contributed by atoms with Crippen molar-refractivity contribution in [3.63, 3.8) is 0 Å². The summed E-state index contributed by atoms with van der Waals surface area (Å²) < 4.78 is 105. The summed E-state index contributed by atoms with van der Waals surface area (Å²) in [6.07, 6.45) is -7.43. The number of methoxy groups -OCH3 is 2. The number of ether oxygens (including phenoxy) is 4. The lowest BCUT2D eigenvalue weighted by molar-refractivity contribution is -0.143. The fourth-order valence-corrected chi connectivity index (χ4v) is 5.13. The number of aromatic nitrogens is 2. The quantitative estimate of drug-likeness (QED) is 0.0965. The number of carboxylic acids is 1. The molecule has 0 bridgehead atoms. The molecule has 0 unspecified atom stereocenters. The topological polar surface area (TPSA) is 103 Å². The summed E-state index contributed by atoms with van der Waals surface area (Å²) in [5, 5.41) is 8.85. The van der Waals surface area contributed by atoms with Crippen molar-refractivity contribution >= 4 is 11.9 Å². The standard InChI is InChI=1S/C35H35F6N3O6/c1-5-49-29-9-8-21(2)11-28(29)27-16-31(48-4)30(47-3)14-23(27)20-44(33-42-17-26(18-43-33)50-10-6-7-32(45)46)19-22-12-24(34(36,37)38)15-25(13-22)35(39,40)41/h8-9,11-18H,5-7,10,19-20H2,1-4H3,(H,45,46). The Morgan fingerprint density at radius 1 is 0.800 bits per heavy atom. The van der Waals surface area contributed by atoms with E-state index in [1.807, 2.05) is 26.0 Å². The summed E-state index contributed by atoms with van der Waals surface area (Å²) in [7, 11) is 2.88. The van der Waals surface area contributed by atoms with Gasteiger partial charge in [-0.05, 0) is 79.4 Å². The second kappa shape index (κ2) is 16.0. The van der Waals surface area contributed by atoms with E-state index in [1.54, 1.807) is 18.2 Å². The Hall–Kier alpha value is -5.21. The summed E-state index contributed by atoms with van der Waals surface area (Å²) in [6.45, 7) is 3.52. The average Bonchev–Trinajstić information content (AvgIpc) is 3.06. The number of benzene rings is 3. The van der Waals surface area contributed by atoms with Gasteiger partial charge in [-0.1, -0.05) is 11.6 Å². The monoisotopic (exact) mass is 707 g/mol. The SMILES string of the molecule is CCOc1ccc(C)cc1-c1cc(OC)c(OC)cc1CN(Cc1cc(C(F)(F)F)cc(C(F)(F)F)c1)c1ncc(OCCCC(=O)O)cn1. The van der Waals surface area contributed by atoms with Gasteiger partial charge in [-0.15, -0.1) is 0 Å². The summed E-state index contributed by atoms with van der Waals surface area (Å²) in [5.74, 6) is 0.379. The number of aryl methyl sites for hydroxylation is 1. The van der Waals surface area contributed by atoms with Crippen molar-refractivity contribution in [1.82, 2.24) is 9.97 Å². The fourth-order valence-electron chi connectivity index (χ4n) is 5.13. The van der Waals surface area contributed by atoms with Crippen molar-refractivity contribution in [2.45, 2.75) is 52.1 Å². The zero-order chi connectivity index (χ0) is 36.6. The minimum atomic E-state index is -5.05. The highest BCUT2D eigenvalue weighted by atomic mass is 19.4. The van der Waals surface area contributed by atoms with Crippen LogP contribution in [0.15, 0.2) is 60.9 Å². The molecule has 3 aromatic carbocycles. The van der Waals surface area contributed by atoms with E-state index in [4.69, 9.17) is 24.1 Å². The molecular formula is C35H35F6N3O6. The maximum Gasteiger partial charge on any atom is 0.416 e. The van der Waals surface area contributed by atoms with E-state index in [0.29, 0.717) is 52.7 Å². The minimum absolute atomic E-state index is 0.0381. The Balaban J connectivity index is 1.86. The maximum absolute atomic E-state index is 13.8. The molecule has 0 atom stereocenters. The van der Waals surface area contributed by atoms with E-state index in [1.165, 1.54) is 31.5 Å². The number of halogens is 6. The summed E-state index contributed by atoms with van der Waals surface area (Å²) >= 11 is 0. The largest absolute Gasteiger partial charge is 0.493 e. The number of hydrogen-bond donors (Lipinski definition) is 1. The molecule has 1 N–H and O–H groups in total. The first-order valence-corrected chi connectivity index (χ1v) is 15.3. The van der Waals surface area contributed by atoms with Crippen LogP contribution in [-0.4, -0.2) is 48.5 Å². The second-order valence-electron chi connectivity index (χ2n) is 11.1. The van der Waals surface area contributed by atoms with Crippen LogP contribution in [0.1, 0.15) is 47.6 Å². The minimum Gasteiger partial charge on any atom is -0.493 e. The first-order valence-electron chi connectivity index (χ1n) is 15.3. The van der Waals surface area contributed by atoms with Crippen molar-refractivity contribution in [1.29, 1.82) is 0 Å². The highest BCUT2D eigenvalue weighted by Crippen LogP contribution is 2.41. The Bertz CT molecular complexity index is 1750. The molecule has 0 spiro atoms. The predicted molar refractivity (Wildman–Crippen MR) is 172 cm³/mol. The van der Waals surface area contributed by atoms with Gasteiger partial charge in [-0.25, -0.2) is 9.97 Å². The van der Waals surface area contributed by atoms with E-state index >= 15 is 0 Å². The van der Waals surface area contributed by atoms with Gasteiger partial charge in [0.25, 0.3) is 0 Å². The number of hydrogen-bond acceptors (Lipinski definition) is 8. The van der Waals surface area contributed by atoms with Crippen LogP contribution in [0.5, 0.6) is 23.0 Å². The van der Waals surface area contributed by atoms with Crippen LogP contribution in [0.4, 0.5) is 32.3 Å². The van der Waals surface area contributed by atoms with Crippen molar-refractivity contribution in [2.75, 3.05) is 32.3 Å². The van der Waals surface area contributed by atoms with E-state index in [0.717, 1.165) is 5.56 Å². The van der Waals surface area contributed by atoms with Gasteiger partial charge >= 0.3 is 18.3 Å². The molecule has 0 aliphatic carbocycles. The van der Waals surface area contributed by atoms with Crippen molar-refractivity contribution in [3.05, 3.63) is 88.7 Å². The second-order valence-corrected chi connectivity index (χ2v) is 11.1. The van der Waals surface area contributed by atoms with E-state index in [9.17, 15) is 31.1 Å². The molecule has 4 rings (SSSR count). The zero-order valence-electron chi connectivity index (χ0n) is 27.6. The smallest absolute Gasteiger partial charge is 0.416 e. The third kappa shape index (κ3) is 9.70. The molecule has 50 heavy (non-hydrogen) atoms. The molecule has 4 aromatic rings. The molecule has 0 aliphatic rings. The van der Waals surface area contributed by atoms with Gasteiger partial charge in [0.05, 0.1) is 51.0 Å². The highest BCUT2D eigenvalue weighted by Gasteiger charge is 2.37. The Morgan fingerprint density at radius 3 is 1.98 bits per heavy atom. The Kier molecular flexibility index (Phi) is 12.0. The van der Waals surface area contributed by atoms with E-state index < -0.39 is 36.0 Å². The first kappa shape index (κ1) is 37.6. The van der Waals surface area contributed by atoms with Crippen LogP contribution in [0.3, 0.4) is 0 Å². The van der Waals surface area contributed by atoms with Crippen LogP contribution in [-0.2, 0) is 30.2 Å². The molecular weight excluding hydrogens is 672 g/mol. The fraction of sp³-hybridized carbons (Fsp3) is 0.343. The molecule has 9 nitrogen and oxygen atoms in total. The molecule has 1 aromatic heterocycles. The van der Waals surface area contributed by atoms with E-state index in [2.05, 4.69) is 9.97 Å². The molecule has 15 heteroatoms. The van der Waals surface area contributed by atoms with Crippen LogP contribution >= 0.6 is 0 Å². The summed E-state index contributed by atoms with van der Waals surface area (Å²) in [4.78, 5) is 20.9. The summed E-state index contributed by atoms with van der Waals surface area (Å²) in [6, 6.07) is 10.3. The number of alkyl halides is 6. The molecule has 0 amide bonds. The molecule has 0 fully saturated rings. The lowest BCUT2D eigenvalue weighted by Gasteiger charge is -2.26. The van der Waals surface area contributed by atoms with Gasteiger partial charge in [0.1, 0.15) is 5.75 Å². The van der Waals surface area contributed by atoms with Crippen LogP contribution in [0.25, 0.3) is 11.1 Å². The van der Waals surface area contributed by atoms with Gasteiger partial charge in [-0.2, -0.15) is 26.3 Å². The van der Waals surface area contributed by atoms with Crippen LogP contribution < -0.4 is 23.8 Å². The molecule has 0 saturated heterocycles. The zero-order valence-corrected chi connectivity index (χ0v) is 27.6. The lowest BCUT2D eigenvalue weighted by Crippen LogP contribution is -2.25. The van der Waals surface area contributed by atoms with Crippen LogP contribution in [0.2, 0.25) is 0 Å². The van der Waals surface area contributed by atoms with Gasteiger partial charge in [0, 0.05) is 25.1 Å². The van der Waals surface area contributed by atoms with Gasteiger partial charge in [0.2, 0.25) is 5.95 Å². The number of anilines is 1.